The van der Waals surface area contributed by atoms with Crippen molar-refractivity contribution in [3.8, 4) is 0 Å². The molecule has 28 heavy (non-hydrogen) atoms. The molecule has 0 nitrogen and oxygen atoms in total. The third kappa shape index (κ3) is 4.96. The first-order chi connectivity index (χ1) is 13.3. The Bertz CT molecular complexity index is 565. The lowest BCUT2D eigenvalue weighted by molar-refractivity contribution is 0.0929. The molecule has 3 fully saturated rings. The lowest BCUT2D eigenvalue weighted by atomic mass is 9.60. The molecule has 160 valence electrons. The third-order valence-corrected chi connectivity index (χ3v) is 8.99. The standard InChI is InChI=1S/C28H48/c1-20(2)9-7-10-23(5)26-16-17-27-24(11-8-18-28(26,27)6)14-15-25-19-21(3)12-13-22(25)4/h14-15,20-23,26-27H,7-13,16-19H2,1-6H3/b24-14+,25-15-/t21-,22?,23+,26?,27?,28+/m0/s1. The number of fused-ring (bicyclic) bond motifs is 1. The largest absolute Gasteiger partial charge is 0.0671 e. The summed E-state index contributed by atoms with van der Waals surface area (Å²) >= 11 is 0. The average Bonchev–Trinajstić information content (AvgIpc) is 2.99. The Morgan fingerprint density at radius 3 is 2.46 bits per heavy atom. The molecule has 0 radical (unpaired) electrons. The molecule has 0 aromatic rings. The molecule has 3 aliphatic carbocycles. The Kier molecular flexibility index (Phi) is 7.54. The van der Waals surface area contributed by atoms with Crippen LogP contribution in [0.1, 0.15) is 112 Å². The summed E-state index contributed by atoms with van der Waals surface area (Å²) in [4.78, 5) is 0. The van der Waals surface area contributed by atoms with Gasteiger partial charge in [-0.15, -0.1) is 0 Å². The Labute approximate surface area is 176 Å². The monoisotopic (exact) mass is 384 g/mol. The molecule has 0 aromatic heterocycles. The third-order valence-electron chi connectivity index (χ3n) is 8.99. The molecule has 3 unspecified atom stereocenters. The second kappa shape index (κ2) is 9.53. The highest BCUT2D eigenvalue weighted by molar-refractivity contribution is 5.26. The van der Waals surface area contributed by atoms with Crippen molar-refractivity contribution in [2.75, 3.05) is 0 Å². The summed E-state index contributed by atoms with van der Waals surface area (Å²) < 4.78 is 0. The Morgan fingerprint density at radius 2 is 1.71 bits per heavy atom. The molecule has 0 bridgehead atoms. The Balaban J connectivity index is 1.69. The number of allylic oxidation sites excluding steroid dienone is 4. The molecule has 0 amide bonds. The van der Waals surface area contributed by atoms with Gasteiger partial charge in [0.15, 0.2) is 0 Å². The topological polar surface area (TPSA) is 0 Å². The average molecular weight is 385 g/mol. The molecule has 0 heterocycles. The first-order valence-electron chi connectivity index (χ1n) is 12.7. The normalized spacial score (nSPS) is 40.2. The van der Waals surface area contributed by atoms with Gasteiger partial charge in [-0.05, 0) is 92.3 Å². The summed E-state index contributed by atoms with van der Waals surface area (Å²) in [6, 6.07) is 0. The van der Waals surface area contributed by atoms with E-state index in [0.29, 0.717) is 5.41 Å². The minimum Gasteiger partial charge on any atom is -0.0671 e. The first-order valence-corrected chi connectivity index (χ1v) is 12.7. The second-order valence-electron chi connectivity index (χ2n) is 11.7. The van der Waals surface area contributed by atoms with E-state index in [0.717, 1.165) is 35.5 Å². The molecule has 3 saturated carbocycles. The van der Waals surface area contributed by atoms with Gasteiger partial charge in [-0.3, -0.25) is 0 Å². The van der Waals surface area contributed by atoms with E-state index in [-0.39, 0.29) is 0 Å². The van der Waals surface area contributed by atoms with Gasteiger partial charge in [-0.2, -0.15) is 0 Å². The fourth-order valence-electron chi connectivity index (χ4n) is 7.14. The lowest BCUT2D eigenvalue weighted by Crippen LogP contribution is -2.36. The molecule has 0 saturated heterocycles. The van der Waals surface area contributed by atoms with E-state index in [1.165, 1.54) is 70.6 Å². The quantitative estimate of drug-likeness (QED) is 0.428. The summed E-state index contributed by atoms with van der Waals surface area (Å²) in [7, 11) is 0. The van der Waals surface area contributed by atoms with Gasteiger partial charge >= 0.3 is 0 Å². The molecule has 0 heteroatoms. The molecule has 0 N–H and O–H groups in total. The van der Waals surface area contributed by atoms with Gasteiger partial charge in [0.05, 0.1) is 0 Å². The van der Waals surface area contributed by atoms with Crippen LogP contribution in [0.25, 0.3) is 0 Å². The molecule has 0 aliphatic heterocycles. The number of hydrogen-bond donors (Lipinski definition) is 0. The van der Waals surface area contributed by atoms with E-state index in [2.05, 4.69) is 53.7 Å². The van der Waals surface area contributed by atoms with Gasteiger partial charge in [-0.25, -0.2) is 0 Å². The van der Waals surface area contributed by atoms with Crippen molar-refractivity contribution in [3.05, 3.63) is 23.3 Å². The van der Waals surface area contributed by atoms with Crippen LogP contribution in [0.3, 0.4) is 0 Å². The lowest BCUT2D eigenvalue weighted by Gasteiger charge is -2.44. The Morgan fingerprint density at radius 1 is 0.964 bits per heavy atom. The fraction of sp³-hybridized carbons (Fsp3) is 0.857. The van der Waals surface area contributed by atoms with Crippen LogP contribution in [0.5, 0.6) is 0 Å². The maximum Gasteiger partial charge on any atom is -0.0143 e. The van der Waals surface area contributed by atoms with Crippen molar-refractivity contribution in [1.82, 2.24) is 0 Å². The minimum absolute atomic E-state index is 0.575. The zero-order valence-corrected chi connectivity index (χ0v) is 19.9. The van der Waals surface area contributed by atoms with E-state index < -0.39 is 0 Å². The molecular formula is C28H48. The van der Waals surface area contributed by atoms with Crippen LogP contribution >= 0.6 is 0 Å². The van der Waals surface area contributed by atoms with Gasteiger partial charge < -0.3 is 0 Å². The van der Waals surface area contributed by atoms with Crippen molar-refractivity contribution in [1.29, 1.82) is 0 Å². The van der Waals surface area contributed by atoms with Crippen molar-refractivity contribution < 1.29 is 0 Å². The summed E-state index contributed by atoms with van der Waals surface area (Å²) in [5, 5.41) is 0. The van der Waals surface area contributed by atoms with Crippen LogP contribution in [0.2, 0.25) is 0 Å². The van der Waals surface area contributed by atoms with E-state index >= 15 is 0 Å². The van der Waals surface area contributed by atoms with Gasteiger partial charge in [0, 0.05) is 0 Å². The van der Waals surface area contributed by atoms with E-state index in [9.17, 15) is 0 Å². The van der Waals surface area contributed by atoms with Gasteiger partial charge in [0.25, 0.3) is 0 Å². The van der Waals surface area contributed by atoms with Crippen LogP contribution < -0.4 is 0 Å². The van der Waals surface area contributed by atoms with Gasteiger partial charge in [0.1, 0.15) is 0 Å². The van der Waals surface area contributed by atoms with E-state index in [4.69, 9.17) is 0 Å². The fourth-order valence-corrected chi connectivity index (χ4v) is 7.14. The van der Waals surface area contributed by atoms with Crippen LogP contribution in [-0.4, -0.2) is 0 Å². The summed E-state index contributed by atoms with van der Waals surface area (Å²) in [5.41, 5.74) is 4.12. The van der Waals surface area contributed by atoms with Crippen molar-refractivity contribution in [3.63, 3.8) is 0 Å². The Hall–Kier alpha value is -0.520. The van der Waals surface area contributed by atoms with Crippen molar-refractivity contribution in [2.45, 2.75) is 112 Å². The van der Waals surface area contributed by atoms with E-state index in [1.54, 1.807) is 5.57 Å². The molecule has 0 aromatic carbocycles. The second-order valence-corrected chi connectivity index (χ2v) is 11.7. The summed E-state index contributed by atoms with van der Waals surface area (Å²) in [5.74, 6) is 5.29. The van der Waals surface area contributed by atoms with Gasteiger partial charge in [0.2, 0.25) is 0 Å². The van der Waals surface area contributed by atoms with Crippen molar-refractivity contribution >= 4 is 0 Å². The summed E-state index contributed by atoms with van der Waals surface area (Å²) in [6.45, 7) is 14.9. The predicted molar refractivity (Wildman–Crippen MR) is 124 cm³/mol. The molecular weight excluding hydrogens is 336 g/mol. The maximum atomic E-state index is 2.67. The molecule has 0 spiro atoms. The SMILES string of the molecule is CC(C)CCC[C@@H](C)C1CCC2/C(=C/C=C3/C[C@@H](C)CCC3C)CCC[C@@]21C. The minimum atomic E-state index is 0.575. The van der Waals surface area contributed by atoms with Crippen LogP contribution in [0.15, 0.2) is 23.3 Å². The molecule has 3 aliphatic rings. The molecule has 6 atom stereocenters. The first kappa shape index (κ1) is 22.2. The van der Waals surface area contributed by atoms with Crippen LogP contribution in [-0.2, 0) is 0 Å². The zero-order chi connectivity index (χ0) is 20.3. The smallest absolute Gasteiger partial charge is 0.0143 e. The van der Waals surface area contributed by atoms with Gasteiger partial charge in [-0.1, -0.05) is 84.1 Å². The van der Waals surface area contributed by atoms with Crippen molar-refractivity contribution in [2.24, 2.45) is 40.9 Å². The van der Waals surface area contributed by atoms with E-state index in [1.807, 2.05) is 5.57 Å². The molecule has 3 rings (SSSR count). The predicted octanol–water partition coefficient (Wildman–Crippen LogP) is 8.97. The summed E-state index contributed by atoms with van der Waals surface area (Å²) in [6.07, 6.45) is 20.8. The number of hydrogen-bond acceptors (Lipinski definition) is 0. The zero-order valence-electron chi connectivity index (χ0n) is 19.9. The van der Waals surface area contributed by atoms with Crippen LogP contribution in [0.4, 0.5) is 0 Å². The number of rotatable bonds is 6. The highest BCUT2D eigenvalue weighted by Gasteiger charge is 2.50. The highest BCUT2D eigenvalue weighted by atomic mass is 14.5. The maximum absolute atomic E-state index is 2.67. The van der Waals surface area contributed by atoms with Crippen LogP contribution in [0, 0.1) is 40.9 Å². The highest BCUT2D eigenvalue weighted by Crippen LogP contribution is 2.60.